The fourth-order valence-electron chi connectivity index (χ4n) is 1.87. The molecule has 2 rings (SSSR count). The summed E-state index contributed by atoms with van der Waals surface area (Å²) in [6.07, 6.45) is 1.50. The summed E-state index contributed by atoms with van der Waals surface area (Å²) in [5.41, 5.74) is -1.25. The van der Waals surface area contributed by atoms with Crippen molar-refractivity contribution < 1.29 is 27.9 Å². The van der Waals surface area contributed by atoms with E-state index in [1.165, 1.54) is 22.6 Å². The van der Waals surface area contributed by atoms with Crippen molar-refractivity contribution in [2.24, 2.45) is 0 Å². The standard InChI is InChI=1S/C11H14F2N2O4S/c12-10(13)19-9-2-1-8(5-14-9)20(18)15-4-3-11(17,6-15)7-16/h1-2,5,10,16-17H,3-4,6-7H2. The number of aliphatic hydroxyl groups is 2. The molecule has 0 amide bonds. The molecule has 1 fully saturated rings. The average Bonchev–Trinajstić information content (AvgIpc) is 2.82. The first-order valence-corrected chi connectivity index (χ1v) is 6.95. The summed E-state index contributed by atoms with van der Waals surface area (Å²) in [6, 6.07) is 2.57. The summed E-state index contributed by atoms with van der Waals surface area (Å²) >= 11 is 0. The van der Waals surface area contributed by atoms with Gasteiger partial charge in [0.15, 0.2) is 0 Å². The molecule has 0 spiro atoms. The number of halogens is 2. The van der Waals surface area contributed by atoms with Crippen molar-refractivity contribution in [2.45, 2.75) is 23.5 Å². The number of hydrogen-bond donors (Lipinski definition) is 2. The summed E-state index contributed by atoms with van der Waals surface area (Å²) in [7, 11) is -1.57. The van der Waals surface area contributed by atoms with Gasteiger partial charge in [0.25, 0.3) is 0 Å². The fourth-order valence-corrected chi connectivity index (χ4v) is 3.11. The predicted molar refractivity (Wildman–Crippen MR) is 65.5 cm³/mol. The van der Waals surface area contributed by atoms with Crippen LogP contribution in [0.4, 0.5) is 8.78 Å². The van der Waals surface area contributed by atoms with Gasteiger partial charge in [-0.05, 0) is 12.5 Å². The van der Waals surface area contributed by atoms with Gasteiger partial charge in [-0.2, -0.15) is 8.78 Å². The molecule has 2 N–H and O–H groups in total. The summed E-state index contributed by atoms with van der Waals surface area (Å²) in [6.45, 7) is -2.93. The van der Waals surface area contributed by atoms with Crippen molar-refractivity contribution in [2.75, 3.05) is 19.7 Å². The van der Waals surface area contributed by atoms with Crippen LogP contribution in [0.15, 0.2) is 23.2 Å². The van der Waals surface area contributed by atoms with Crippen molar-refractivity contribution in [3.05, 3.63) is 18.3 Å². The molecule has 1 aromatic rings. The van der Waals surface area contributed by atoms with Crippen LogP contribution in [-0.2, 0) is 11.0 Å². The minimum Gasteiger partial charge on any atom is -0.417 e. The van der Waals surface area contributed by atoms with Crippen LogP contribution in [0.3, 0.4) is 0 Å². The molecule has 0 saturated carbocycles. The van der Waals surface area contributed by atoms with Gasteiger partial charge in [-0.15, -0.1) is 0 Å². The molecule has 2 unspecified atom stereocenters. The van der Waals surface area contributed by atoms with Crippen molar-refractivity contribution in [3.63, 3.8) is 0 Å². The highest BCUT2D eigenvalue weighted by molar-refractivity contribution is 7.82. The van der Waals surface area contributed by atoms with Crippen LogP contribution in [0.5, 0.6) is 5.88 Å². The van der Waals surface area contributed by atoms with Gasteiger partial charge in [-0.3, -0.25) is 0 Å². The summed E-state index contributed by atoms with van der Waals surface area (Å²) in [5, 5.41) is 18.9. The Morgan fingerprint density at radius 3 is 2.80 bits per heavy atom. The van der Waals surface area contributed by atoms with E-state index in [2.05, 4.69) is 9.72 Å². The minimum atomic E-state index is -2.96. The van der Waals surface area contributed by atoms with Gasteiger partial charge in [-0.1, -0.05) is 0 Å². The van der Waals surface area contributed by atoms with Crippen molar-refractivity contribution in [3.8, 4) is 5.88 Å². The zero-order chi connectivity index (χ0) is 14.8. The second kappa shape index (κ2) is 6.08. The number of nitrogens with zero attached hydrogens (tertiary/aromatic N) is 2. The Morgan fingerprint density at radius 2 is 2.30 bits per heavy atom. The first-order valence-electron chi connectivity index (χ1n) is 5.84. The maximum absolute atomic E-state index is 12.2. The van der Waals surface area contributed by atoms with E-state index in [9.17, 15) is 18.1 Å². The second-order valence-corrected chi connectivity index (χ2v) is 5.94. The smallest absolute Gasteiger partial charge is 0.388 e. The number of pyridine rings is 1. The number of β-amino-alcohol motifs (C(OH)–C–C–N with tert-alkyl or cyclic N) is 1. The van der Waals surface area contributed by atoms with Crippen molar-refractivity contribution in [1.29, 1.82) is 0 Å². The average molecular weight is 308 g/mol. The molecule has 2 atom stereocenters. The third kappa shape index (κ3) is 3.48. The summed E-state index contributed by atoms with van der Waals surface area (Å²) in [4.78, 5) is 3.95. The van der Waals surface area contributed by atoms with E-state index in [1.807, 2.05) is 0 Å². The number of hydrogen-bond acceptors (Lipinski definition) is 5. The molecule has 0 aromatic carbocycles. The Kier molecular flexibility index (Phi) is 4.63. The monoisotopic (exact) mass is 308 g/mol. The molecule has 0 radical (unpaired) electrons. The Morgan fingerprint density at radius 1 is 1.55 bits per heavy atom. The molecule has 1 aromatic heterocycles. The van der Waals surface area contributed by atoms with Gasteiger partial charge >= 0.3 is 6.61 Å². The predicted octanol–water partition coefficient (Wildman–Crippen LogP) is 0.135. The SMILES string of the molecule is O=S(c1ccc(OC(F)F)nc1)N1CCC(O)(CO)C1. The lowest BCUT2D eigenvalue weighted by molar-refractivity contribution is -0.0529. The van der Waals surface area contributed by atoms with E-state index in [1.54, 1.807) is 0 Å². The molecule has 1 aliphatic heterocycles. The lowest BCUT2D eigenvalue weighted by Crippen LogP contribution is -2.37. The zero-order valence-electron chi connectivity index (χ0n) is 10.4. The number of rotatable bonds is 5. The number of ether oxygens (including phenoxy) is 1. The molecular weight excluding hydrogens is 294 g/mol. The molecule has 20 heavy (non-hydrogen) atoms. The summed E-state index contributed by atoms with van der Waals surface area (Å²) < 4.78 is 41.7. The molecule has 9 heteroatoms. The highest BCUT2D eigenvalue weighted by atomic mass is 32.2. The molecule has 6 nitrogen and oxygen atoms in total. The topological polar surface area (TPSA) is 82.9 Å². The quantitative estimate of drug-likeness (QED) is 0.808. The van der Waals surface area contributed by atoms with E-state index in [0.29, 0.717) is 17.9 Å². The van der Waals surface area contributed by atoms with Gasteiger partial charge in [0.2, 0.25) is 5.88 Å². The van der Waals surface area contributed by atoms with E-state index in [-0.39, 0.29) is 12.4 Å². The van der Waals surface area contributed by atoms with Crippen LogP contribution < -0.4 is 4.74 Å². The van der Waals surface area contributed by atoms with E-state index >= 15 is 0 Å². The normalized spacial score (nSPS) is 25.1. The van der Waals surface area contributed by atoms with E-state index < -0.39 is 29.8 Å². The third-order valence-electron chi connectivity index (χ3n) is 2.95. The van der Waals surface area contributed by atoms with Crippen LogP contribution in [0.1, 0.15) is 6.42 Å². The minimum absolute atomic E-state index is 0.0748. The van der Waals surface area contributed by atoms with E-state index in [4.69, 9.17) is 5.11 Å². The Bertz CT molecular complexity index is 488. The van der Waals surface area contributed by atoms with Crippen LogP contribution >= 0.6 is 0 Å². The summed E-state index contributed by atoms with van der Waals surface area (Å²) in [5.74, 6) is -0.256. The van der Waals surface area contributed by atoms with E-state index in [0.717, 1.165) is 0 Å². The number of aliphatic hydroxyl groups excluding tert-OH is 1. The van der Waals surface area contributed by atoms with Crippen molar-refractivity contribution >= 4 is 11.0 Å². The van der Waals surface area contributed by atoms with Gasteiger partial charge in [0.05, 0.1) is 11.5 Å². The van der Waals surface area contributed by atoms with Gasteiger partial charge in [0.1, 0.15) is 16.6 Å². The largest absolute Gasteiger partial charge is 0.417 e. The fraction of sp³-hybridized carbons (Fsp3) is 0.545. The van der Waals surface area contributed by atoms with Crippen molar-refractivity contribution in [1.82, 2.24) is 9.29 Å². The van der Waals surface area contributed by atoms with Crippen LogP contribution in [0.2, 0.25) is 0 Å². The first-order chi connectivity index (χ1) is 9.43. The molecule has 2 heterocycles. The highest BCUT2D eigenvalue weighted by Gasteiger charge is 2.38. The molecule has 1 aliphatic rings. The van der Waals surface area contributed by atoms with Gasteiger partial charge in [-0.25, -0.2) is 13.5 Å². The maximum atomic E-state index is 12.2. The molecular formula is C11H14F2N2O4S. The number of alkyl halides is 2. The zero-order valence-corrected chi connectivity index (χ0v) is 11.2. The van der Waals surface area contributed by atoms with Crippen LogP contribution in [0, 0.1) is 0 Å². The highest BCUT2D eigenvalue weighted by Crippen LogP contribution is 2.25. The molecule has 1 saturated heterocycles. The lowest BCUT2D eigenvalue weighted by Gasteiger charge is -2.20. The lowest BCUT2D eigenvalue weighted by atomic mass is 10.1. The Hall–Kier alpha value is -1.16. The van der Waals surface area contributed by atoms with Crippen LogP contribution in [-0.4, -0.2) is 55.6 Å². The van der Waals surface area contributed by atoms with Gasteiger partial charge in [0, 0.05) is 25.4 Å². The third-order valence-corrected chi connectivity index (χ3v) is 4.37. The maximum Gasteiger partial charge on any atom is 0.388 e. The molecule has 0 bridgehead atoms. The Balaban J connectivity index is 2.03. The molecule has 0 aliphatic carbocycles. The Labute approximate surface area is 116 Å². The van der Waals surface area contributed by atoms with Gasteiger partial charge < -0.3 is 14.9 Å². The van der Waals surface area contributed by atoms with Crippen LogP contribution in [0.25, 0.3) is 0 Å². The number of aromatic nitrogens is 1. The first kappa shape index (κ1) is 15.2. The second-order valence-electron chi connectivity index (χ2n) is 4.46. The molecule has 112 valence electrons.